The number of hydrogen-bond acceptors (Lipinski definition) is 4. The largest absolute Gasteiger partial charge is 0.363 e. The molecule has 0 saturated carbocycles. The number of aromatic nitrogens is 4. The molecule has 0 radical (unpaired) electrons. The van der Waals surface area contributed by atoms with Gasteiger partial charge < -0.3 is 5.32 Å². The first-order valence-electron chi connectivity index (χ1n) is 4.33. The highest BCUT2D eigenvalue weighted by Crippen LogP contribution is 2.02. The average molecular weight is 189 g/mol. The molecule has 0 aliphatic heterocycles. The van der Waals surface area contributed by atoms with E-state index in [1.807, 2.05) is 25.4 Å². The summed E-state index contributed by atoms with van der Waals surface area (Å²) >= 11 is 0. The van der Waals surface area contributed by atoms with Crippen molar-refractivity contribution in [2.45, 2.75) is 6.54 Å². The summed E-state index contributed by atoms with van der Waals surface area (Å²) in [4.78, 5) is 7.94. The maximum atomic E-state index is 4.19. The standard InChI is InChI=1S/C9H11N5/c1-14-5-3-9(13-14)11-6-8-2-4-10-7-12-8/h2-5,7H,6H2,1H3,(H,11,13). The van der Waals surface area contributed by atoms with Gasteiger partial charge in [-0.25, -0.2) is 9.97 Å². The fourth-order valence-electron chi connectivity index (χ4n) is 1.11. The second-order valence-corrected chi connectivity index (χ2v) is 2.93. The summed E-state index contributed by atoms with van der Waals surface area (Å²) in [7, 11) is 1.88. The van der Waals surface area contributed by atoms with E-state index in [1.165, 1.54) is 6.33 Å². The van der Waals surface area contributed by atoms with Crippen LogP contribution in [0.3, 0.4) is 0 Å². The highest BCUT2D eigenvalue weighted by molar-refractivity contribution is 5.32. The van der Waals surface area contributed by atoms with Gasteiger partial charge in [0.05, 0.1) is 12.2 Å². The van der Waals surface area contributed by atoms with Crippen LogP contribution in [0.15, 0.2) is 30.9 Å². The Morgan fingerprint density at radius 3 is 3.00 bits per heavy atom. The number of nitrogens with one attached hydrogen (secondary N) is 1. The molecule has 0 aromatic carbocycles. The normalized spacial score (nSPS) is 10.1. The van der Waals surface area contributed by atoms with Gasteiger partial charge in [0.2, 0.25) is 0 Å². The van der Waals surface area contributed by atoms with Crippen molar-refractivity contribution < 1.29 is 0 Å². The molecule has 2 aromatic rings. The van der Waals surface area contributed by atoms with Crippen molar-refractivity contribution in [1.82, 2.24) is 19.7 Å². The maximum Gasteiger partial charge on any atom is 0.148 e. The van der Waals surface area contributed by atoms with Crippen LogP contribution < -0.4 is 5.32 Å². The molecule has 0 spiro atoms. The predicted octanol–water partition coefficient (Wildman–Crippen LogP) is 0.822. The number of anilines is 1. The molecule has 5 nitrogen and oxygen atoms in total. The summed E-state index contributed by atoms with van der Waals surface area (Å²) in [5, 5.41) is 7.35. The molecule has 1 N–H and O–H groups in total. The van der Waals surface area contributed by atoms with Gasteiger partial charge in [-0.2, -0.15) is 5.10 Å². The topological polar surface area (TPSA) is 55.6 Å². The summed E-state index contributed by atoms with van der Waals surface area (Å²) in [5.41, 5.74) is 0.950. The molecule has 0 aliphatic rings. The van der Waals surface area contributed by atoms with Gasteiger partial charge >= 0.3 is 0 Å². The predicted molar refractivity (Wildman–Crippen MR) is 52.6 cm³/mol. The second-order valence-electron chi connectivity index (χ2n) is 2.93. The minimum absolute atomic E-state index is 0.666. The van der Waals surface area contributed by atoms with E-state index in [4.69, 9.17) is 0 Å². The zero-order chi connectivity index (χ0) is 9.80. The van der Waals surface area contributed by atoms with E-state index in [9.17, 15) is 0 Å². The number of rotatable bonds is 3. The van der Waals surface area contributed by atoms with E-state index >= 15 is 0 Å². The molecular weight excluding hydrogens is 178 g/mol. The van der Waals surface area contributed by atoms with Crippen LogP contribution in [-0.4, -0.2) is 19.7 Å². The minimum atomic E-state index is 0.666. The Bertz CT molecular complexity index is 395. The average Bonchev–Trinajstić information content (AvgIpc) is 2.63. The second kappa shape index (κ2) is 3.87. The van der Waals surface area contributed by atoms with Crippen molar-refractivity contribution in [1.29, 1.82) is 0 Å². The number of nitrogens with zero attached hydrogens (tertiary/aromatic N) is 4. The Labute approximate surface area is 81.8 Å². The van der Waals surface area contributed by atoms with Gasteiger partial charge in [-0.1, -0.05) is 0 Å². The fraction of sp³-hybridized carbons (Fsp3) is 0.222. The molecule has 0 aliphatic carbocycles. The summed E-state index contributed by atoms with van der Waals surface area (Å²) in [6.07, 6.45) is 5.15. The van der Waals surface area contributed by atoms with Gasteiger partial charge in [-0.05, 0) is 6.07 Å². The lowest BCUT2D eigenvalue weighted by Gasteiger charge is -2.00. The van der Waals surface area contributed by atoms with Gasteiger partial charge in [0.25, 0.3) is 0 Å². The monoisotopic (exact) mass is 189 g/mol. The third-order valence-electron chi connectivity index (χ3n) is 1.81. The zero-order valence-electron chi connectivity index (χ0n) is 7.88. The molecule has 0 fully saturated rings. The van der Waals surface area contributed by atoms with E-state index < -0.39 is 0 Å². The van der Waals surface area contributed by atoms with Crippen molar-refractivity contribution in [3.05, 3.63) is 36.5 Å². The van der Waals surface area contributed by atoms with Crippen LogP contribution in [-0.2, 0) is 13.6 Å². The highest BCUT2D eigenvalue weighted by atomic mass is 15.3. The lowest BCUT2D eigenvalue weighted by atomic mass is 10.4. The van der Waals surface area contributed by atoms with Crippen molar-refractivity contribution in [2.24, 2.45) is 7.05 Å². The Morgan fingerprint density at radius 2 is 2.36 bits per heavy atom. The molecule has 0 bridgehead atoms. The molecule has 14 heavy (non-hydrogen) atoms. The van der Waals surface area contributed by atoms with Crippen LogP contribution in [0.4, 0.5) is 5.82 Å². The quantitative estimate of drug-likeness (QED) is 0.776. The third kappa shape index (κ3) is 2.07. The molecule has 72 valence electrons. The van der Waals surface area contributed by atoms with E-state index in [2.05, 4.69) is 20.4 Å². The van der Waals surface area contributed by atoms with E-state index in [1.54, 1.807) is 10.9 Å². The van der Waals surface area contributed by atoms with Crippen molar-refractivity contribution >= 4 is 5.82 Å². The summed E-state index contributed by atoms with van der Waals surface area (Å²) in [5.74, 6) is 0.853. The lowest BCUT2D eigenvalue weighted by molar-refractivity contribution is 0.767. The van der Waals surface area contributed by atoms with Crippen LogP contribution in [0, 0.1) is 0 Å². The molecule has 0 atom stereocenters. The first-order valence-corrected chi connectivity index (χ1v) is 4.33. The minimum Gasteiger partial charge on any atom is -0.363 e. The van der Waals surface area contributed by atoms with Crippen LogP contribution >= 0.6 is 0 Å². The van der Waals surface area contributed by atoms with Crippen molar-refractivity contribution in [3.63, 3.8) is 0 Å². The fourth-order valence-corrected chi connectivity index (χ4v) is 1.11. The Morgan fingerprint density at radius 1 is 1.43 bits per heavy atom. The van der Waals surface area contributed by atoms with E-state index in [-0.39, 0.29) is 0 Å². The third-order valence-corrected chi connectivity index (χ3v) is 1.81. The SMILES string of the molecule is Cn1ccc(NCc2ccncn2)n1. The summed E-state index contributed by atoms with van der Waals surface area (Å²) in [6.45, 7) is 0.666. The molecule has 5 heteroatoms. The molecule has 2 rings (SSSR count). The molecular formula is C9H11N5. The van der Waals surface area contributed by atoms with Gasteiger partial charge in [0, 0.05) is 25.5 Å². The van der Waals surface area contributed by atoms with Gasteiger partial charge in [-0.3, -0.25) is 4.68 Å². The first-order chi connectivity index (χ1) is 6.84. The first kappa shape index (κ1) is 8.68. The summed E-state index contributed by atoms with van der Waals surface area (Å²) < 4.78 is 1.75. The Hall–Kier alpha value is -1.91. The zero-order valence-corrected chi connectivity index (χ0v) is 7.88. The number of aryl methyl sites for hydroxylation is 1. The van der Waals surface area contributed by atoms with Crippen molar-refractivity contribution in [2.75, 3.05) is 5.32 Å². The smallest absolute Gasteiger partial charge is 0.148 e. The highest BCUT2D eigenvalue weighted by Gasteiger charge is 1.96. The Kier molecular flexibility index (Phi) is 2.40. The van der Waals surface area contributed by atoms with Gasteiger partial charge in [0.1, 0.15) is 12.1 Å². The van der Waals surface area contributed by atoms with Gasteiger partial charge in [-0.15, -0.1) is 0 Å². The molecule has 0 amide bonds. The number of hydrogen-bond donors (Lipinski definition) is 1. The van der Waals surface area contributed by atoms with Crippen molar-refractivity contribution in [3.8, 4) is 0 Å². The molecule has 0 saturated heterocycles. The lowest BCUT2D eigenvalue weighted by Crippen LogP contribution is -2.02. The maximum absolute atomic E-state index is 4.19. The Balaban J connectivity index is 1.95. The van der Waals surface area contributed by atoms with Crippen LogP contribution in [0.1, 0.15) is 5.69 Å². The summed E-state index contributed by atoms with van der Waals surface area (Å²) in [6, 6.07) is 3.79. The van der Waals surface area contributed by atoms with Crippen LogP contribution in [0.5, 0.6) is 0 Å². The molecule has 0 unspecified atom stereocenters. The molecule has 2 heterocycles. The van der Waals surface area contributed by atoms with E-state index in [0.29, 0.717) is 6.54 Å². The van der Waals surface area contributed by atoms with Crippen LogP contribution in [0.25, 0.3) is 0 Å². The van der Waals surface area contributed by atoms with Gasteiger partial charge in [0.15, 0.2) is 0 Å². The van der Waals surface area contributed by atoms with Crippen LogP contribution in [0.2, 0.25) is 0 Å². The van der Waals surface area contributed by atoms with E-state index in [0.717, 1.165) is 11.5 Å². The molecule has 2 aromatic heterocycles.